The zero-order chi connectivity index (χ0) is 17.0. The maximum Gasteiger partial charge on any atom is 0.166 e. The van der Waals surface area contributed by atoms with Crippen molar-refractivity contribution >= 4 is 17.0 Å². The molecule has 2 atom stereocenters. The molecule has 136 valence electrons. The van der Waals surface area contributed by atoms with Gasteiger partial charge in [0.05, 0.1) is 24.6 Å². The van der Waals surface area contributed by atoms with Gasteiger partial charge in [0.25, 0.3) is 0 Å². The van der Waals surface area contributed by atoms with Gasteiger partial charge in [-0.25, -0.2) is 4.48 Å². The predicted octanol–water partition coefficient (Wildman–Crippen LogP) is 1.93. The van der Waals surface area contributed by atoms with Crippen LogP contribution in [0, 0.1) is 0 Å². The topological polar surface area (TPSA) is 12.5 Å². The summed E-state index contributed by atoms with van der Waals surface area (Å²) in [4.78, 5) is 4.21. The molecule has 5 heteroatoms. The largest absolute Gasteiger partial charge is 1.00 e. The molecular weight excluding hydrogens is 455 g/mol. The molecule has 1 aromatic carbocycles. The maximum absolute atomic E-state index is 5.32. The Hall–Kier alpha value is -1.15. The van der Waals surface area contributed by atoms with Crippen LogP contribution in [0.3, 0.4) is 0 Å². The zero-order valence-electron chi connectivity index (χ0n) is 15.1. The summed E-state index contributed by atoms with van der Waals surface area (Å²) in [6, 6.07) is 8.93. The van der Waals surface area contributed by atoms with E-state index in [2.05, 4.69) is 59.9 Å². The molecule has 2 unspecified atom stereocenters. The van der Waals surface area contributed by atoms with Crippen LogP contribution >= 0.6 is 11.3 Å². The number of rotatable bonds is 3. The van der Waals surface area contributed by atoms with Crippen LogP contribution in [0.5, 0.6) is 5.75 Å². The number of likely N-dealkylation sites (tertiary alicyclic amines) is 1. The minimum atomic E-state index is 0. The number of thiophene rings is 1. The van der Waals surface area contributed by atoms with E-state index in [1.807, 2.05) is 11.3 Å². The van der Waals surface area contributed by atoms with Gasteiger partial charge in [0.15, 0.2) is 5.69 Å². The Morgan fingerprint density at radius 2 is 1.88 bits per heavy atom. The average Bonchev–Trinajstić information content (AvgIpc) is 3.38. The molecule has 5 rings (SSSR count). The third-order valence-corrected chi connectivity index (χ3v) is 6.90. The first kappa shape index (κ1) is 18.2. The lowest BCUT2D eigenvalue weighted by Gasteiger charge is -2.28. The molecule has 3 aliphatic heterocycles. The molecule has 1 saturated heterocycles. The molecule has 0 bridgehead atoms. The van der Waals surface area contributed by atoms with E-state index in [0.717, 1.165) is 10.2 Å². The number of allylic oxidation sites excluding steroid dienone is 2. The molecule has 1 aromatic heterocycles. The SMILES string of the molecule is COc1ccc(-c2csc3c2[N+]2(C)C=CC=C2C3N2CCCC2)cc1.[I-]. The molecule has 0 spiro atoms. The molecule has 0 saturated carbocycles. The van der Waals surface area contributed by atoms with Gasteiger partial charge in [0.2, 0.25) is 0 Å². The van der Waals surface area contributed by atoms with Crippen LogP contribution in [-0.4, -0.2) is 32.1 Å². The second-order valence-corrected chi connectivity index (χ2v) is 8.16. The molecule has 0 amide bonds. The highest BCUT2D eigenvalue weighted by Crippen LogP contribution is 2.58. The van der Waals surface area contributed by atoms with E-state index < -0.39 is 0 Å². The number of hydrogen-bond acceptors (Lipinski definition) is 3. The smallest absolute Gasteiger partial charge is 0.166 e. The number of ether oxygens (including phenoxy) is 1. The summed E-state index contributed by atoms with van der Waals surface area (Å²) in [5.41, 5.74) is 5.62. The monoisotopic (exact) mass is 478 g/mol. The number of benzene rings is 1. The molecule has 3 nitrogen and oxygen atoms in total. The van der Waals surface area contributed by atoms with Crippen molar-refractivity contribution in [1.82, 2.24) is 9.38 Å². The summed E-state index contributed by atoms with van der Waals surface area (Å²) < 4.78 is 6.16. The summed E-state index contributed by atoms with van der Waals surface area (Å²) in [6.45, 7) is 2.44. The normalized spacial score (nSPS) is 26.4. The molecule has 26 heavy (non-hydrogen) atoms. The maximum atomic E-state index is 5.32. The standard InChI is InChI=1S/C21H23N2OS.HI/c1-23-13-5-6-18(23)19(22-11-3-4-12-22)21-20(23)17(14-25-21)15-7-9-16(24-2)10-8-15;/h5-10,13-14,19H,3-4,11-12H2,1-2H3;1H/q+1;/p-1. The van der Waals surface area contributed by atoms with E-state index in [1.165, 1.54) is 53.3 Å². The highest BCUT2D eigenvalue weighted by molar-refractivity contribution is 7.11. The fourth-order valence-corrected chi connectivity index (χ4v) is 5.91. The van der Waals surface area contributed by atoms with E-state index in [1.54, 1.807) is 7.11 Å². The highest BCUT2D eigenvalue weighted by Gasteiger charge is 2.52. The minimum absolute atomic E-state index is 0. The molecule has 3 aliphatic rings. The van der Waals surface area contributed by atoms with Gasteiger partial charge in [-0.2, -0.15) is 0 Å². The minimum Gasteiger partial charge on any atom is -1.00 e. The van der Waals surface area contributed by atoms with E-state index in [4.69, 9.17) is 4.74 Å². The van der Waals surface area contributed by atoms with Crippen LogP contribution in [0.25, 0.3) is 11.1 Å². The van der Waals surface area contributed by atoms with Crippen molar-refractivity contribution in [2.24, 2.45) is 0 Å². The molecule has 0 N–H and O–H groups in total. The number of nitrogens with zero attached hydrogens (tertiary/aromatic N) is 2. The summed E-state index contributed by atoms with van der Waals surface area (Å²) >= 11 is 1.93. The number of halogens is 1. The van der Waals surface area contributed by atoms with Crippen molar-refractivity contribution in [3.05, 3.63) is 58.6 Å². The lowest BCUT2D eigenvalue weighted by atomic mass is 10.1. The molecule has 2 aromatic rings. The second kappa shape index (κ2) is 6.78. The lowest BCUT2D eigenvalue weighted by Crippen LogP contribution is -3.00. The molecule has 1 fully saturated rings. The first-order valence-electron chi connectivity index (χ1n) is 8.99. The van der Waals surface area contributed by atoms with E-state index in [9.17, 15) is 0 Å². The third kappa shape index (κ3) is 2.52. The number of methoxy groups -OCH3 is 1. The summed E-state index contributed by atoms with van der Waals surface area (Å²) in [6.07, 6.45) is 9.56. The van der Waals surface area contributed by atoms with Gasteiger partial charge in [-0.3, -0.25) is 4.90 Å². The number of hydrogen-bond donors (Lipinski definition) is 0. The Labute approximate surface area is 176 Å². The van der Waals surface area contributed by atoms with Crippen molar-refractivity contribution in [1.29, 1.82) is 0 Å². The summed E-state index contributed by atoms with van der Waals surface area (Å²) in [5.74, 6) is 0.910. The Morgan fingerprint density at radius 3 is 2.58 bits per heavy atom. The van der Waals surface area contributed by atoms with Gasteiger partial charge in [-0.1, -0.05) is 12.1 Å². The average molecular weight is 478 g/mol. The zero-order valence-corrected chi connectivity index (χ0v) is 18.1. The Kier molecular flexibility index (Phi) is 4.75. The summed E-state index contributed by atoms with van der Waals surface area (Å²) in [7, 11) is 4.06. The van der Waals surface area contributed by atoms with Crippen LogP contribution in [0.4, 0.5) is 5.69 Å². The fraction of sp³-hybridized carbons (Fsp3) is 0.333. The van der Waals surface area contributed by atoms with Crippen LogP contribution in [-0.2, 0) is 0 Å². The van der Waals surface area contributed by atoms with Crippen molar-refractivity contribution in [2.45, 2.75) is 18.9 Å². The van der Waals surface area contributed by atoms with Crippen molar-refractivity contribution < 1.29 is 28.7 Å². The summed E-state index contributed by atoms with van der Waals surface area (Å²) in [5, 5.41) is 2.35. The quantitative estimate of drug-likeness (QED) is 0.494. The van der Waals surface area contributed by atoms with Gasteiger partial charge >= 0.3 is 0 Å². The number of fused-ring (bicyclic) bond motifs is 3. The first-order chi connectivity index (χ1) is 12.2. The molecule has 0 aliphatic carbocycles. The van der Waals surface area contributed by atoms with E-state index in [0.29, 0.717) is 6.04 Å². The van der Waals surface area contributed by atoms with Crippen LogP contribution < -0.4 is 33.2 Å². The van der Waals surface area contributed by atoms with Crippen LogP contribution in [0.2, 0.25) is 0 Å². The Morgan fingerprint density at radius 1 is 1.15 bits per heavy atom. The van der Waals surface area contributed by atoms with Gasteiger partial charge in [-0.15, -0.1) is 11.3 Å². The predicted molar refractivity (Wildman–Crippen MR) is 105 cm³/mol. The highest BCUT2D eigenvalue weighted by atomic mass is 127. The first-order valence-corrected chi connectivity index (χ1v) is 9.87. The van der Waals surface area contributed by atoms with Gasteiger partial charge in [-0.05, 0) is 49.7 Å². The molecule has 4 heterocycles. The van der Waals surface area contributed by atoms with Crippen molar-refractivity contribution in [3.63, 3.8) is 0 Å². The van der Waals surface area contributed by atoms with E-state index in [-0.39, 0.29) is 24.0 Å². The fourth-order valence-electron chi connectivity index (χ4n) is 4.61. The van der Waals surface area contributed by atoms with Crippen molar-refractivity contribution in [2.75, 3.05) is 27.2 Å². The number of likely N-dealkylation sites (N-methyl/N-ethyl adjacent to an activating group) is 1. The third-order valence-electron chi connectivity index (χ3n) is 5.88. The van der Waals surface area contributed by atoms with Crippen LogP contribution in [0.1, 0.15) is 23.8 Å². The molecule has 0 radical (unpaired) electrons. The second-order valence-electron chi connectivity index (χ2n) is 7.24. The molecular formula is C21H23IN2OS. The number of quaternary nitrogens is 1. The van der Waals surface area contributed by atoms with E-state index >= 15 is 0 Å². The Balaban J connectivity index is 0.00000168. The van der Waals surface area contributed by atoms with Gasteiger partial charge < -0.3 is 28.7 Å². The Bertz CT molecular complexity index is 880. The lowest BCUT2D eigenvalue weighted by molar-refractivity contribution is -0.00000516. The van der Waals surface area contributed by atoms with Gasteiger partial charge in [0, 0.05) is 11.5 Å². The van der Waals surface area contributed by atoms with Crippen LogP contribution in [0.15, 0.2) is 53.7 Å². The van der Waals surface area contributed by atoms with Crippen molar-refractivity contribution in [3.8, 4) is 16.9 Å². The van der Waals surface area contributed by atoms with Gasteiger partial charge in [0.1, 0.15) is 23.7 Å².